The van der Waals surface area contributed by atoms with Crippen LogP contribution in [0.4, 0.5) is 11.4 Å². The summed E-state index contributed by atoms with van der Waals surface area (Å²) in [5.41, 5.74) is 3.56. The summed E-state index contributed by atoms with van der Waals surface area (Å²) in [5.74, 6) is 0.804. The molecule has 2 heterocycles. The second-order valence-corrected chi connectivity index (χ2v) is 6.21. The number of aryl methyl sites for hydroxylation is 2. The van der Waals surface area contributed by atoms with Crippen LogP contribution in [-0.4, -0.2) is 34.9 Å². The Morgan fingerprint density at radius 2 is 2.12 bits per heavy atom. The highest BCUT2D eigenvalue weighted by Crippen LogP contribution is 2.33. The molecule has 0 fully saturated rings. The molecular weight excluding hydrogens is 304 g/mol. The first-order chi connectivity index (χ1) is 11.5. The van der Waals surface area contributed by atoms with Crippen LogP contribution in [0.3, 0.4) is 0 Å². The molecule has 6 heteroatoms. The molecule has 0 saturated heterocycles. The van der Waals surface area contributed by atoms with E-state index in [1.807, 2.05) is 45.2 Å². The average Bonchev–Trinajstić information content (AvgIpc) is 2.81. The molecule has 2 aromatic rings. The third kappa shape index (κ3) is 3.09. The van der Waals surface area contributed by atoms with E-state index in [2.05, 4.69) is 22.2 Å². The lowest BCUT2D eigenvalue weighted by molar-refractivity contribution is -0.115. The van der Waals surface area contributed by atoms with Crippen molar-refractivity contribution in [1.29, 1.82) is 0 Å². The first-order valence-corrected chi connectivity index (χ1v) is 8.30. The van der Waals surface area contributed by atoms with E-state index in [4.69, 9.17) is 4.74 Å². The Morgan fingerprint density at radius 3 is 2.79 bits per heavy atom. The van der Waals surface area contributed by atoms with Gasteiger partial charge in [-0.25, -0.2) is 0 Å². The first kappa shape index (κ1) is 16.4. The van der Waals surface area contributed by atoms with Gasteiger partial charge in [0.1, 0.15) is 11.9 Å². The van der Waals surface area contributed by atoms with Gasteiger partial charge in [0, 0.05) is 7.05 Å². The average molecular weight is 328 g/mol. The molecule has 24 heavy (non-hydrogen) atoms. The summed E-state index contributed by atoms with van der Waals surface area (Å²) in [7, 11) is 1.88. The lowest BCUT2D eigenvalue weighted by Crippen LogP contribution is -2.43. The van der Waals surface area contributed by atoms with Gasteiger partial charge in [0.05, 0.1) is 35.9 Å². The SMILES string of the molecule is CC[C@H]1CN(CC(=O)Nc2c(C)nn(C)c2C)c2ccccc2O1. The number of rotatable bonds is 4. The van der Waals surface area contributed by atoms with Gasteiger partial charge in [-0.05, 0) is 32.4 Å². The van der Waals surface area contributed by atoms with Crippen LogP contribution in [0.25, 0.3) is 0 Å². The summed E-state index contributed by atoms with van der Waals surface area (Å²) in [5, 5.41) is 7.35. The lowest BCUT2D eigenvalue weighted by atomic mass is 10.1. The van der Waals surface area contributed by atoms with Crippen LogP contribution in [0.2, 0.25) is 0 Å². The summed E-state index contributed by atoms with van der Waals surface area (Å²) < 4.78 is 7.75. The number of hydrogen-bond donors (Lipinski definition) is 1. The molecular formula is C18H24N4O2. The van der Waals surface area contributed by atoms with Crippen LogP contribution in [0.1, 0.15) is 24.7 Å². The predicted octanol–water partition coefficient (Wildman–Crippen LogP) is 2.65. The standard InChI is InChI=1S/C18H24N4O2/c1-5-14-10-22(15-8-6-7-9-16(15)24-14)11-17(23)19-18-12(2)20-21(4)13(18)3/h6-9,14H,5,10-11H2,1-4H3,(H,19,23)/t14-/m0/s1. The molecule has 1 aromatic heterocycles. The second kappa shape index (κ2) is 6.55. The molecule has 3 rings (SSSR count). The molecule has 0 aliphatic carbocycles. The number of carbonyl (C=O) groups is 1. The number of para-hydroxylation sites is 2. The Morgan fingerprint density at radius 1 is 1.38 bits per heavy atom. The van der Waals surface area contributed by atoms with Crippen LogP contribution in [-0.2, 0) is 11.8 Å². The normalized spacial score (nSPS) is 16.5. The Bertz CT molecular complexity index is 753. The highest BCUT2D eigenvalue weighted by molar-refractivity contribution is 5.95. The fourth-order valence-corrected chi connectivity index (χ4v) is 3.05. The number of nitrogens with zero attached hydrogens (tertiary/aromatic N) is 3. The monoisotopic (exact) mass is 328 g/mol. The highest BCUT2D eigenvalue weighted by atomic mass is 16.5. The molecule has 1 atom stereocenters. The van der Waals surface area contributed by atoms with Gasteiger partial charge in [-0.2, -0.15) is 5.10 Å². The molecule has 1 aliphatic rings. The van der Waals surface area contributed by atoms with Gasteiger partial charge in [-0.3, -0.25) is 9.48 Å². The zero-order chi connectivity index (χ0) is 17.3. The maximum absolute atomic E-state index is 12.6. The number of aromatic nitrogens is 2. The Labute approximate surface area is 142 Å². The van der Waals surface area contributed by atoms with Crippen molar-refractivity contribution in [2.75, 3.05) is 23.3 Å². The van der Waals surface area contributed by atoms with Gasteiger partial charge < -0.3 is 15.0 Å². The number of fused-ring (bicyclic) bond motifs is 1. The maximum Gasteiger partial charge on any atom is 0.243 e. The van der Waals surface area contributed by atoms with E-state index in [0.29, 0.717) is 13.1 Å². The van der Waals surface area contributed by atoms with Gasteiger partial charge in [-0.15, -0.1) is 0 Å². The number of hydrogen-bond acceptors (Lipinski definition) is 4. The largest absolute Gasteiger partial charge is 0.486 e. The minimum absolute atomic E-state index is 0.0410. The summed E-state index contributed by atoms with van der Waals surface area (Å²) in [4.78, 5) is 14.7. The number of nitrogens with one attached hydrogen (secondary N) is 1. The molecule has 6 nitrogen and oxygen atoms in total. The molecule has 1 aromatic carbocycles. The number of amides is 1. The van der Waals surface area contributed by atoms with E-state index < -0.39 is 0 Å². The smallest absolute Gasteiger partial charge is 0.243 e. The van der Waals surface area contributed by atoms with E-state index in [0.717, 1.165) is 34.9 Å². The fraction of sp³-hybridized carbons (Fsp3) is 0.444. The van der Waals surface area contributed by atoms with Crippen molar-refractivity contribution in [2.45, 2.75) is 33.3 Å². The Kier molecular flexibility index (Phi) is 4.46. The van der Waals surface area contributed by atoms with Crippen LogP contribution in [0.15, 0.2) is 24.3 Å². The summed E-state index contributed by atoms with van der Waals surface area (Å²) in [6.07, 6.45) is 1.02. The number of benzene rings is 1. The third-order valence-corrected chi connectivity index (χ3v) is 4.49. The molecule has 1 aliphatic heterocycles. The summed E-state index contributed by atoms with van der Waals surface area (Å²) >= 11 is 0. The zero-order valence-electron chi connectivity index (χ0n) is 14.7. The molecule has 128 valence electrons. The Hall–Kier alpha value is -2.50. The van der Waals surface area contributed by atoms with Gasteiger partial charge in [0.15, 0.2) is 0 Å². The first-order valence-electron chi connectivity index (χ1n) is 8.30. The van der Waals surface area contributed by atoms with Crippen molar-refractivity contribution in [3.63, 3.8) is 0 Å². The van der Waals surface area contributed by atoms with Gasteiger partial charge in [0.2, 0.25) is 5.91 Å². The number of anilines is 2. The van der Waals surface area contributed by atoms with Crippen LogP contribution in [0.5, 0.6) is 5.75 Å². The van der Waals surface area contributed by atoms with Gasteiger partial charge in [-0.1, -0.05) is 19.1 Å². The Balaban J connectivity index is 1.76. The lowest BCUT2D eigenvalue weighted by Gasteiger charge is -2.35. The van der Waals surface area contributed by atoms with Crippen molar-refractivity contribution in [1.82, 2.24) is 9.78 Å². The molecule has 0 spiro atoms. The van der Waals surface area contributed by atoms with Crippen LogP contribution < -0.4 is 15.0 Å². The topological polar surface area (TPSA) is 59.4 Å². The van der Waals surface area contributed by atoms with Crippen LogP contribution >= 0.6 is 0 Å². The second-order valence-electron chi connectivity index (χ2n) is 6.21. The minimum atomic E-state index is -0.0410. The maximum atomic E-state index is 12.6. The van der Waals surface area contributed by atoms with E-state index in [-0.39, 0.29) is 12.0 Å². The van der Waals surface area contributed by atoms with Crippen molar-refractivity contribution in [3.8, 4) is 5.75 Å². The molecule has 1 N–H and O–H groups in total. The highest BCUT2D eigenvalue weighted by Gasteiger charge is 2.26. The molecule has 0 saturated carbocycles. The van der Waals surface area contributed by atoms with E-state index in [1.165, 1.54) is 0 Å². The minimum Gasteiger partial charge on any atom is -0.486 e. The van der Waals surface area contributed by atoms with Crippen molar-refractivity contribution in [2.24, 2.45) is 7.05 Å². The third-order valence-electron chi connectivity index (χ3n) is 4.49. The fourth-order valence-electron chi connectivity index (χ4n) is 3.05. The van der Waals surface area contributed by atoms with Crippen LogP contribution in [0, 0.1) is 13.8 Å². The van der Waals surface area contributed by atoms with Crippen molar-refractivity contribution >= 4 is 17.3 Å². The van der Waals surface area contributed by atoms with Crippen molar-refractivity contribution < 1.29 is 9.53 Å². The van der Waals surface area contributed by atoms with E-state index >= 15 is 0 Å². The summed E-state index contributed by atoms with van der Waals surface area (Å²) in [6, 6.07) is 7.87. The van der Waals surface area contributed by atoms with Gasteiger partial charge in [0.25, 0.3) is 0 Å². The zero-order valence-corrected chi connectivity index (χ0v) is 14.7. The van der Waals surface area contributed by atoms with Crippen molar-refractivity contribution in [3.05, 3.63) is 35.7 Å². The molecule has 0 radical (unpaired) electrons. The number of ether oxygens (including phenoxy) is 1. The van der Waals surface area contributed by atoms with Gasteiger partial charge >= 0.3 is 0 Å². The molecule has 0 bridgehead atoms. The summed E-state index contributed by atoms with van der Waals surface area (Å²) in [6.45, 7) is 6.96. The number of carbonyl (C=O) groups excluding carboxylic acids is 1. The quantitative estimate of drug-likeness (QED) is 0.937. The molecule has 1 amide bonds. The predicted molar refractivity (Wildman–Crippen MR) is 94.7 cm³/mol. The molecule has 0 unspecified atom stereocenters. The van der Waals surface area contributed by atoms with E-state index in [9.17, 15) is 4.79 Å². The van der Waals surface area contributed by atoms with E-state index in [1.54, 1.807) is 4.68 Å².